The van der Waals surface area contributed by atoms with E-state index >= 15 is 0 Å². The van der Waals surface area contributed by atoms with E-state index in [0.29, 0.717) is 6.17 Å². The van der Waals surface area contributed by atoms with Crippen molar-refractivity contribution >= 4 is 11.4 Å². The number of benzene rings is 2. The number of hydrogen-bond donors (Lipinski definition) is 0. The van der Waals surface area contributed by atoms with E-state index in [1.807, 2.05) is 0 Å². The molecule has 2 aromatic carbocycles. The zero-order valence-electron chi connectivity index (χ0n) is 18.6. The molecular formula is C26H36N2. The SMILES string of the molecule is Cc1cc(C)c(N2CCN(c3c(C)cc(C)cc3CC3CCC3)C2C)c(C)c1. The summed E-state index contributed by atoms with van der Waals surface area (Å²) >= 11 is 0. The summed E-state index contributed by atoms with van der Waals surface area (Å²) in [7, 11) is 0. The van der Waals surface area contributed by atoms with Crippen LogP contribution in [0, 0.1) is 40.5 Å². The lowest BCUT2D eigenvalue weighted by atomic mass is 9.80. The molecule has 150 valence electrons. The van der Waals surface area contributed by atoms with Gasteiger partial charge in [-0.3, -0.25) is 0 Å². The van der Waals surface area contributed by atoms with Crippen molar-refractivity contribution in [2.45, 2.75) is 73.4 Å². The molecule has 0 amide bonds. The first-order valence-electron chi connectivity index (χ1n) is 11.1. The molecule has 1 atom stereocenters. The molecule has 28 heavy (non-hydrogen) atoms. The van der Waals surface area contributed by atoms with Gasteiger partial charge in [-0.1, -0.05) is 54.7 Å². The Morgan fingerprint density at radius 1 is 0.750 bits per heavy atom. The Labute approximate surface area is 171 Å². The molecule has 0 bridgehead atoms. The summed E-state index contributed by atoms with van der Waals surface area (Å²) in [6.07, 6.45) is 5.89. The van der Waals surface area contributed by atoms with Crippen LogP contribution in [0.1, 0.15) is 59.6 Å². The fourth-order valence-corrected chi connectivity index (χ4v) is 5.60. The van der Waals surface area contributed by atoms with Gasteiger partial charge in [-0.2, -0.15) is 0 Å². The van der Waals surface area contributed by atoms with Crippen LogP contribution in [0.15, 0.2) is 24.3 Å². The van der Waals surface area contributed by atoms with Crippen LogP contribution in [0.3, 0.4) is 0 Å². The minimum Gasteiger partial charge on any atom is -0.349 e. The Balaban J connectivity index is 1.68. The zero-order chi connectivity index (χ0) is 20.0. The lowest BCUT2D eigenvalue weighted by Crippen LogP contribution is -2.38. The van der Waals surface area contributed by atoms with Crippen LogP contribution in [0.2, 0.25) is 0 Å². The highest BCUT2D eigenvalue weighted by molar-refractivity contribution is 5.68. The first-order valence-corrected chi connectivity index (χ1v) is 11.1. The molecule has 2 aliphatic rings. The molecule has 2 aromatic rings. The van der Waals surface area contributed by atoms with Crippen LogP contribution in [-0.2, 0) is 6.42 Å². The Hall–Kier alpha value is -1.96. The van der Waals surface area contributed by atoms with Gasteiger partial charge in [-0.15, -0.1) is 0 Å². The van der Waals surface area contributed by atoms with Crippen LogP contribution < -0.4 is 9.80 Å². The van der Waals surface area contributed by atoms with Crippen LogP contribution in [-0.4, -0.2) is 19.3 Å². The molecule has 1 aliphatic carbocycles. The van der Waals surface area contributed by atoms with Gasteiger partial charge in [0.2, 0.25) is 0 Å². The van der Waals surface area contributed by atoms with Crippen molar-refractivity contribution in [3.63, 3.8) is 0 Å². The highest BCUT2D eigenvalue weighted by Crippen LogP contribution is 2.39. The Morgan fingerprint density at radius 3 is 1.79 bits per heavy atom. The molecule has 1 saturated carbocycles. The molecule has 2 fully saturated rings. The van der Waals surface area contributed by atoms with Crippen molar-refractivity contribution in [2.75, 3.05) is 22.9 Å². The predicted octanol–water partition coefficient (Wildman–Crippen LogP) is 6.24. The van der Waals surface area contributed by atoms with E-state index < -0.39 is 0 Å². The average Bonchev–Trinajstić information content (AvgIpc) is 2.91. The average molecular weight is 377 g/mol. The third-order valence-corrected chi connectivity index (χ3v) is 6.95. The molecule has 0 N–H and O–H groups in total. The van der Waals surface area contributed by atoms with Gasteiger partial charge in [0.15, 0.2) is 0 Å². The van der Waals surface area contributed by atoms with Gasteiger partial charge >= 0.3 is 0 Å². The molecule has 0 spiro atoms. The van der Waals surface area contributed by atoms with E-state index in [2.05, 4.69) is 75.6 Å². The van der Waals surface area contributed by atoms with E-state index in [-0.39, 0.29) is 0 Å². The second-order valence-corrected chi connectivity index (χ2v) is 9.36. The Bertz CT molecular complexity index is 855. The maximum atomic E-state index is 2.67. The molecule has 1 aliphatic heterocycles. The maximum absolute atomic E-state index is 2.67. The van der Waals surface area contributed by atoms with Crippen molar-refractivity contribution < 1.29 is 0 Å². The molecule has 0 radical (unpaired) electrons. The number of rotatable bonds is 4. The zero-order valence-corrected chi connectivity index (χ0v) is 18.6. The largest absolute Gasteiger partial charge is 0.349 e. The van der Waals surface area contributed by atoms with Gasteiger partial charge in [0.25, 0.3) is 0 Å². The number of nitrogens with zero attached hydrogens (tertiary/aromatic N) is 2. The lowest BCUT2D eigenvalue weighted by molar-refractivity contribution is 0.314. The summed E-state index contributed by atoms with van der Waals surface area (Å²) in [4.78, 5) is 5.29. The highest BCUT2D eigenvalue weighted by atomic mass is 15.4. The topological polar surface area (TPSA) is 6.48 Å². The third-order valence-electron chi connectivity index (χ3n) is 6.95. The highest BCUT2D eigenvalue weighted by Gasteiger charge is 2.33. The standard InChI is InChI=1S/C26H36N2/c1-17-12-19(3)25(20(4)13-17)27-10-11-28(22(27)6)26-21(5)14-18(2)15-24(26)16-23-8-7-9-23/h12-15,22-23H,7-11,16H2,1-6H3. The summed E-state index contributed by atoms with van der Waals surface area (Å²) in [5.74, 6) is 0.899. The number of aryl methyl sites for hydroxylation is 5. The molecule has 4 rings (SSSR count). The molecule has 1 unspecified atom stereocenters. The first kappa shape index (κ1) is 19.4. The predicted molar refractivity (Wildman–Crippen MR) is 122 cm³/mol. The molecule has 2 heteroatoms. The fraction of sp³-hybridized carbons (Fsp3) is 0.538. The van der Waals surface area contributed by atoms with Crippen LogP contribution in [0.25, 0.3) is 0 Å². The Morgan fingerprint density at radius 2 is 1.25 bits per heavy atom. The van der Waals surface area contributed by atoms with Crippen molar-refractivity contribution in [3.8, 4) is 0 Å². The lowest BCUT2D eigenvalue weighted by Gasteiger charge is -2.35. The quantitative estimate of drug-likeness (QED) is 0.623. The second-order valence-electron chi connectivity index (χ2n) is 9.36. The smallest absolute Gasteiger partial charge is 0.0988 e. The van der Waals surface area contributed by atoms with Gasteiger partial charge in [0.1, 0.15) is 0 Å². The molecule has 1 heterocycles. The minimum absolute atomic E-state index is 0.390. The van der Waals surface area contributed by atoms with Crippen molar-refractivity contribution in [3.05, 3.63) is 57.6 Å². The van der Waals surface area contributed by atoms with Crippen LogP contribution in [0.5, 0.6) is 0 Å². The van der Waals surface area contributed by atoms with Crippen LogP contribution >= 0.6 is 0 Å². The van der Waals surface area contributed by atoms with E-state index in [1.165, 1.54) is 64.9 Å². The molecule has 1 saturated heterocycles. The van der Waals surface area contributed by atoms with Gasteiger partial charge in [0, 0.05) is 24.5 Å². The van der Waals surface area contributed by atoms with E-state index in [1.54, 1.807) is 5.56 Å². The number of anilines is 2. The normalized spacial score (nSPS) is 20.0. The summed E-state index contributed by atoms with van der Waals surface area (Å²) in [5.41, 5.74) is 11.5. The summed E-state index contributed by atoms with van der Waals surface area (Å²) in [6, 6.07) is 9.49. The monoisotopic (exact) mass is 376 g/mol. The fourth-order valence-electron chi connectivity index (χ4n) is 5.60. The van der Waals surface area contributed by atoms with Crippen molar-refractivity contribution in [1.82, 2.24) is 0 Å². The maximum Gasteiger partial charge on any atom is 0.0988 e. The van der Waals surface area contributed by atoms with Crippen molar-refractivity contribution in [2.24, 2.45) is 5.92 Å². The van der Waals surface area contributed by atoms with E-state index in [4.69, 9.17) is 0 Å². The number of hydrogen-bond acceptors (Lipinski definition) is 2. The third kappa shape index (κ3) is 3.43. The summed E-state index contributed by atoms with van der Waals surface area (Å²) in [6.45, 7) is 15.9. The van der Waals surface area contributed by atoms with E-state index in [9.17, 15) is 0 Å². The van der Waals surface area contributed by atoms with Crippen molar-refractivity contribution in [1.29, 1.82) is 0 Å². The van der Waals surface area contributed by atoms with E-state index in [0.717, 1.165) is 19.0 Å². The van der Waals surface area contributed by atoms with Gasteiger partial charge < -0.3 is 9.80 Å². The second kappa shape index (κ2) is 7.46. The first-order chi connectivity index (χ1) is 13.3. The summed E-state index contributed by atoms with van der Waals surface area (Å²) < 4.78 is 0. The van der Waals surface area contributed by atoms with Crippen LogP contribution in [0.4, 0.5) is 11.4 Å². The molecular weight excluding hydrogens is 340 g/mol. The molecule has 2 nitrogen and oxygen atoms in total. The van der Waals surface area contributed by atoms with Gasteiger partial charge in [-0.05, 0) is 76.1 Å². The van der Waals surface area contributed by atoms with Gasteiger partial charge in [-0.25, -0.2) is 0 Å². The minimum atomic E-state index is 0.390. The summed E-state index contributed by atoms with van der Waals surface area (Å²) in [5, 5.41) is 0. The molecule has 0 aromatic heterocycles. The van der Waals surface area contributed by atoms with Gasteiger partial charge in [0.05, 0.1) is 6.17 Å². The Kier molecular flexibility index (Phi) is 5.16.